The van der Waals surface area contributed by atoms with Crippen molar-refractivity contribution in [2.24, 2.45) is 0 Å². The summed E-state index contributed by atoms with van der Waals surface area (Å²) in [7, 11) is 0. The zero-order valence-corrected chi connectivity index (χ0v) is 10.2. The van der Waals surface area contributed by atoms with Gasteiger partial charge < -0.3 is 10.6 Å². The molecule has 1 aromatic rings. The molecule has 5 heteroatoms. The molecule has 0 bridgehead atoms. The molecule has 1 amide bonds. The standard InChI is InChI=1S/C12H18N4O/c1-3-8(2)15-12(17)10-6-14-11(7-13-10)16-9-4-5-9/h6-9H,3-5H2,1-2H3,(H,14,16)(H,15,17). The Bertz CT molecular complexity index is 386. The van der Waals surface area contributed by atoms with E-state index in [1.165, 1.54) is 19.0 Å². The number of rotatable bonds is 5. The predicted molar refractivity (Wildman–Crippen MR) is 65.9 cm³/mol. The van der Waals surface area contributed by atoms with Crippen LogP contribution in [0.1, 0.15) is 43.6 Å². The fraction of sp³-hybridized carbons (Fsp3) is 0.583. The van der Waals surface area contributed by atoms with E-state index in [0.717, 1.165) is 12.2 Å². The maximum atomic E-state index is 11.7. The van der Waals surface area contributed by atoms with Crippen LogP contribution >= 0.6 is 0 Å². The third-order valence-electron chi connectivity index (χ3n) is 2.80. The molecule has 1 unspecified atom stereocenters. The lowest BCUT2D eigenvalue weighted by molar-refractivity contribution is 0.0934. The zero-order chi connectivity index (χ0) is 12.3. The van der Waals surface area contributed by atoms with Gasteiger partial charge in [-0.2, -0.15) is 0 Å². The van der Waals surface area contributed by atoms with Gasteiger partial charge >= 0.3 is 0 Å². The first-order valence-electron chi connectivity index (χ1n) is 6.08. The van der Waals surface area contributed by atoms with Gasteiger partial charge in [-0.15, -0.1) is 0 Å². The average molecular weight is 234 g/mol. The van der Waals surface area contributed by atoms with Crippen LogP contribution in [-0.4, -0.2) is 28.0 Å². The molecule has 5 nitrogen and oxygen atoms in total. The third kappa shape index (κ3) is 3.41. The van der Waals surface area contributed by atoms with Crippen LogP contribution in [0, 0.1) is 0 Å². The highest BCUT2D eigenvalue weighted by molar-refractivity contribution is 5.92. The minimum absolute atomic E-state index is 0.161. The summed E-state index contributed by atoms with van der Waals surface area (Å²) in [6.07, 6.45) is 6.42. The van der Waals surface area contributed by atoms with Crippen LogP contribution in [0.15, 0.2) is 12.4 Å². The summed E-state index contributed by atoms with van der Waals surface area (Å²) in [6.45, 7) is 3.99. The normalized spacial score (nSPS) is 16.4. The van der Waals surface area contributed by atoms with Crippen LogP contribution in [0.2, 0.25) is 0 Å². The molecule has 1 heterocycles. The van der Waals surface area contributed by atoms with E-state index in [0.29, 0.717) is 11.7 Å². The summed E-state index contributed by atoms with van der Waals surface area (Å²) in [5, 5.41) is 6.09. The number of nitrogens with zero attached hydrogens (tertiary/aromatic N) is 2. The zero-order valence-electron chi connectivity index (χ0n) is 10.2. The van der Waals surface area contributed by atoms with E-state index in [-0.39, 0.29) is 11.9 Å². The van der Waals surface area contributed by atoms with Gasteiger partial charge in [-0.05, 0) is 26.2 Å². The van der Waals surface area contributed by atoms with Crippen molar-refractivity contribution in [3.8, 4) is 0 Å². The van der Waals surface area contributed by atoms with Gasteiger partial charge in [0.05, 0.1) is 12.4 Å². The molecule has 1 aliphatic rings. The van der Waals surface area contributed by atoms with Crippen LogP contribution in [0.3, 0.4) is 0 Å². The van der Waals surface area contributed by atoms with Crippen LogP contribution in [0.4, 0.5) is 5.82 Å². The maximum absolute atomic E-state index is 11.7. The average Bonchev–Trinajstić information content (AvgIpc) is 3.13. The smallest absolute Gasteiger partial charge is 0.271 e. The van der Waals surface area contributed by atoms with Crippen molar-refractivity contribution in [1.82, 2.24) is 15.3 Å². The summed E-state index contributed by atoms with van der Waals surface area (Å²) in [5.74, 6) is 0.581. The Morgan fingerprint density at radius 2 is 2.24 bits per heavy atom. The lowest BCUT2D eigenvalue weighted by atomic mass is 10.2. The Balaban J connectivity index is 1.93. The fourth-order valence-corrected chi connectivity index (χ4v) is 1.36. The van der Waals surface area contributed by atoms with Crippen molar-refractivity contribution in [2.45, 2.75) is 45.2 Å². The van der Waals surface area contributed by atoms with E-state index in [4.69, 9.17) is 0 Å². The first-order chi connectivity index (χ1) is 8.19. The molecule has 2 rings (SSSR count). The molecule has 2 N–H and O–H groups in total. The first-order valence-corrected chi connectivity index (χ1v) is 6.08. The third-order valence-corrected chi connectivity index (χ3v) is 2.80. The van der Waals surface area contributed by atoms with Crippen molar-refractivity contribution in [1.29, 1.82) is 0 Å². The lowest BCUT2D eigenvalue weighted by Crippen LogP contribution is -2.32. The summed E-state index contributed by atoms with van der Waals surface area (Å²) >= 11 is 0. The SMILES string of the molecule is CCC(C)NC(=O)c1cnc(NC2CC2)cn1. The van der Waals surface area contributed by atoms with Crippen LogP contribution in [0.25, 0.3) is 0 Å². The number of nitrogens with one attached hydrogen (secondary N) is 2. The van der Waals surface area contributed by atoms with Crippen LogP contribution in [0.5, 0.6) is 0 Å². The van der Waals surface area contributed by atoms with E-state index in [1.54, 1.807) is 6.20 Å². The van der Waals surface area contributed by atoms with E-state index in [9.17, 15) is 4.79 Å². The number of hydrogen-bond acceptors (Lipinski definition) is 4. The van der Waals surface area contributed by atoms with Gasteiger partial charge in [0.15, 0.2) is 0 Å². The van der Waals surface area contributed by atoms with E-state index in [2.05, 4.69) is 20.6 Å². The molecule has 1 atom stereocenters. The quantitative estimate of drug-likeness (QED) is 0.811. The molecular weight excluding hydrogens is 216 g/mol. The van der Waals surface area contributed by atoms with Crippen molar-refractivity contribution in [3.63, 3.8) is 0 Å². The second kappa shape index (κ2) is 5.12. The molecule has 1 aliphatic carbocycles. The Morgan fingerprint density at radius 1 is 1.47 bits per heavy atom. The molecule has 1 aromatic heterocycles. The van der Waals surface area contributed by atoms with Gasteiger partial charge in [0.25, 0.3) is 5.91 Å². The van der Waals surface area contributed by atoms with Crippen molar-refractivity contribution < 1.29 is 4.79 Å². The molecule has 17 heavy (non-hydrogen) atoms. The summed E-state index contributed by atoms with van der Waals surface area (Å²) in [5.41, 5.74) is 0.367. The van der Waals surface area contributed by atoms with Crippen LogP contribution < -0.4 is 10.6 Å². The molecule has 1 saturated carbocycles. The van der Waals surface area contributed by atoms with Crippen molar-refractivity contribution in [2.75, 3.05) is 5.32 Å². The van der Waals surface area contributed by atoms with Gasteiger partial charge in [0.1, 0.15) is 11.5 Å². The molecule has 0 aliphatic heterocycles. The topological polar surface area (TPSA) is 66.9 Å². The van der Waals surface area contributed by atoms with E-state index in [1.807, 2.05) is 13.8 Å². The van der Waals surface area contributed by atoms with Crippen molar-refractivity contribution in [3.05, 3.63) is 18.1 Å². The van der Waals surface area contributed by atoms with Crippen LogP contribution in [-0.2, 0) is 0 Å². The molecule has 1 fully saturated rings. The second-order valence-electron chi connectivity index (χ2n) is 4.49. The molecule has 92 valence electrons. The number of carbonyl (C=O) groups excluding carboxylic acids is 1. The minimum atomic E-state index is -0.162. The molecule has 0 spiro atoms. The Hall–Kier alpha value is -1.65. The van der Waals surface area contributed by atoms with Gasteiger partial charge in [-0.3, -0.25) is 4.79 Å². The monoisotopic (exact) mass is 234 g/mol. The van der Waals surface area contributed by atoms with E-state index >= 15 is 0 Å². The predicted octanol–water partition coefficient (Wildman–Crippen LogP) is 1.58. The second-order valence-corrected chi connectivity index (χ2v) is 4.49. The lowest BCUT2D eigenvalue weighted by Gasteiger charge is -2.10. The largest absolute Gasteiger partial charge is 0.366 e. The number of hydrogen-bond donors (Lipinski definition) is 2. The van der Waals surface area contributed by atoms with Gasteiger partial charge in [0, 0.05) is 12.1 Å². The highest BCUT2D eigenvalue weighted by Gasteiger charge is 2.21. The van der Waals surface area contributed by atoms with Gasteiger partial charge in [-0.25, -0.2) is 9.97 Å². The van der Waals surface area contributed by atoms with Gasteiger partial charge in [-0.1, -0.05) is 6.92 Å². The first kappa shape index (κ1) is 11.8. The Kier molecular flexibility index (Phi) is 3.56. The van der Waals surface area contributed by atoms with Crippen molar-refractivity contribution >= 4 is 11.7 Å². The Morgan fingerprint density at radius 3 is 2.76 bits per heavy atom. The summed E-state index contributed by atoms with van der Waals surface area (Å²) in [6, 6.07) is 0.706. The maximum Gasteiger partial charge on any atom is 0.271 e. The number of aromatic nitrogens is 2. The number of anilines is 1. The number of amides is 1. The highest BCUT2D eigenvalue weighted by atomic mass is 16.1. The minimum Gasteiger partial charge on any atom is -0.366 e. The summed E-state index contributed by atoms with van der Waals surface area (Å²) < 4.78 is 0. The van der Waals surface area contributed by atoms with E-state index < -0.39 is 0 Å². The molecule has 0 radical (unpaired) electrons. The molecular formula is C12H18N4O. The molecule has 0 aromatic carbocycles. The Labute approximate surface area is 101 Å². The summed E-state index contributed by atoms with van der Waals surface area (Å²) in [4.78, 5) is 20.0. The highest BCUT2D eigenvalue weighted by Crippen LogP contribution is 2.22. The fourth-order valence-electron chi connectivity index (χ4n) is 1.36. The molecule has 0 saturated heterocycles. The number of carbonyl (C=O) groups is 1. The van der Waals surface area contributed by atoms with Gasteiger partial charge in [0.2, 0.25) is 0 Å².